The third kappa shape index (κ3) is 5.40. The van der Waals surface area contributed by atoms with Gasteiger partial charge in [0.05, 0.1) is 0 Å². The highest BCUT2D eigenvalue weighted by Gasteiger charge is 2.22. The summed E-state index contributed by atoms with van der Waals surface area (Å²) in [6, 6.07) is 65.5. The first-order chi connectivity index (χ1) is 27.8. The molecule has 0 unspecified atom stereocenters. The number of nitrogens with zero attached hydrogens (tertiary/aromatic N) is 3. The molecule has 0 aliphatic carbocycles. The molecule has 4 nitrogen and oxygen atoms in total. The van der Waals surface area contributed by atoms with E-state index in [0.717, 1.165) is 77.2 Å². The quantitative estimate of drug-likeness (QED) is 0.171. The van der Waals surface area contributed by atoms with E-state index in [4.69, 9.17) is 19.4 Å². The van der Waals surface area contributed by atoms with E-state index in [1.165, 1.54) is 15.0 Å². The van der Waals surface area contributed by atoms with Crippen LogP contribution < -0.4 is 0 Å². The van der Waals surface area contributed by atoms with Crippen LogP contribution in [0.4, 0.5) is 0 Å². The molecule has 11 aromatic rings. The number of fused-ring (bicyclic) bond motifs is 6. The molecule has 0 N–H and O–H groups in total. The Kier molecular flexibility index (Phi) is 7.64. The van der Waals surface area contributed by atoms with Gasteiger partial charge in [-0.05, 0) is 46.5 Å². The molecule has 8 aromatic carbocycles. The standard InChI is InChI=1S/C51H31N3OS/c1-4-15-32(16-5-1)35-21-12-22-36(31-35)50-52-49(34-19-8-3-9-20-34)53-51(54-50)42-26-14-28-44-45(42)41-25-13-24-39(48(41)56-44)38-30-29-37(33-17-6-2-7-18-33)46-40-23-10-11-27-43(40)55-47(38)46/h1-31H. The fraction of sp³-hybridized carbons (Fsp3) is 0. The molecular weight excluding hydrogens is 703 g/mol. The molecule has 0 saturated heterocycles. The van der Waals surface area contributed by atoms with Crippen molar-refractivity contribution in [3.8, 4) is 67.5 Å². The first-order valence-corrected chi connectivity index (χ1v) is 19.5. The summed E-state index contributed by atoms with van der Waals surface area (Å²) in [5, 5.41) is 4.53. The number of rotatable bonds is 6. The van der Waals surface area contributed by atoms with Crippen LogP contribution in [0.25, 0.3) is 110 Å². The number of aromatic nitrogens is 3. The van der Waals surface area contributed by atoms with Crippen LogP contribution in [0.3, 0.4) is 0 Å². The molecule has 262 valence electrons. The Bertz CT molecular complexity index is 3240. The maximum Gasteiger partial charge on any atom is 0.164 e. The molecule has 0 bridgehead atoms. The molecule has 5 heteroatoms. The summed E-state index contributed by atoms with van der Waals surface area (Å²) >= 11 is 1.80. The average Bonchev–Trinajstić information content (AvgIpc) is 3.86. The van der Waals surface area contributed by atoms with Crippen LogP contribution in [0.2, 0.25) is 0 Å². The number of furan rings is 1. The number of thiophene rings is 1. The molecule has 0 spiro atoms. The Morgan fingerprint density at radius 2 is 0.929 bits per heavy atom. The van der Waals surface area contributed by atoms with Crippen LogP contribution in [0.5, 0.6) is 0 Å². The number of hydrogen-bond donors (Lipinski definition) is 0. The topological polar surface area (TPSA) is 51.8 Å². The van der Waals surface area contributed by atoms with Gasteiger partial charge in [-0.25, -0.2) is 15.0 Å². The lowest BCUT2D eigenvalue weighted by Crippen LogP contribution is -2.00. The summed E-state index contributed by atoms with van der Waals surface area (Å²) in [7, 11) is 0. The van der Waals surface area contributed by atoms with Crippen LogP contribution in [-0.2, 0) is 0 Å². The second kappa shape index (κ2) is 13.3. The van der Waals surface area contributed by atoms with Gasteiger partial charge in [-0.3, -0.25) is 0 Å². The highest BCUT2D eigenvalue weighted by atomic mass is 32.1. The zero-order valence-corrected chi connectivity index (χ0v) is 30.9. The zero-order chi connectivity index (χ0) is 37.0. The summed E-state index contributed by atoms with van der Waals surface area (Å²) < 4.78 is 9.10. The van der Waals surface area contributed by atoms with E-state index in [1.807, 2.05) is 30.3 Å². The van der Waals surface area contributed by atoms with Crippen LogP contribution in [0.1, 0.15) is 0 Å². The molecule has 0 amide bonds. The summed E-state index contributed by atoms with van der Waals surface area (Å²) in [6.45, 7) is 0. The predicted octanol–water partition coefficient (Wildman–Crippen LogP) is 14.1. The van der Waals surface area contributed by atoms with Crippen molar-refractivity contribution >= 4 is 53.4 Å². The van der Waals surface area contributed by atoms with E-state index in [9.17, 15) is 0 Å². The van der Waals surface area contributed by atoms with Gasteiger partial charge >= 0.3 is 0 Å². The average molecular weight is 734 g/mol. The van der Waals surface area contributed by atoms with Gasteiger partial charge in [0.1, 0.15) is 11.2 Å². The number of hydrogen-bond acceptors (Lipinski definition) is 5. The van der Waals surface area contributed by atoms with Gasteiger partial charge in [0.25, 0.3) is 0 Å². The highest BCUT2D eigenvalue weighted by molar-refractivity contribution is 7.26. The zero-order valence-electron chi connectivity index (χ0n) is 30.1. The molecule has 0 radical (unpaired) electrons. The molecule has 3 aromatic heterocycles. The molecule has 56 heavy (non-hydrogen) atoms. The predicted molar refractivity (Wildman–Crippen MR) is 233 cm³/mol. The normalized spacial score (nSPS) is 11.6. The molecule has 0 aliphatic heterocycles. The highest BCUT2D eigenvalue weighted by Crippen LogP contribution is 2.47. The number of para-hydroxylation sites is 1. The smallest absolute Gasteiger partial charge is 0.164 e. The SMILES string of the molecule is c1ccc(-c2cccc(-c3nc(-c4ccccc4)nc(-c4cccc5sc6c(-c7ccc(-c8ccccc8)c8c7oc7ccccc78)cccc6c45)n3)c2)cc1. The van der Waals surface area contributed by atoms with Crippen LogP contribution in [0.15, 0.2) is 192 Å². The van der Waals surface area contributed by atoms with Gasteiger partial charge in [0.2, 0.25) is 0 Å². The van der Waals surface area contributed by atoms with Gasteiger partial charge < -0.3 is 4.42 Å². The first kappa shape index (κ1) is 32.2. The molecular formula is C51H31N3OS. The summed E-state index contributed by atoms with van der Waals surface area (Å²) in [5.41, 5.74) is 11.4. The Balaban J connectivity index is 1.12. The molecule has 0 fully saturated rings. The number of benzene rings is 8. The van der Waals surface area contributed by atoms with E-state index >= 15 is 0 Å². The maximum absolute atomic E-state index is 6.74. The Labute approximate surface area is 327 Å². The van der Waals surface area contributed by atoms with E-state index in [-0.39, 0.29) is 0 Å². The van der Waals surface area contributed by atoms with E-state index in [0.29, 0.717) is 17.5 Å². The van der Waals surface area contributed by atoms with E-state index in [1.54, 1.807) is 11.3 Å². The Morgan fingerprint density at radius 3 is 1.73 bits per heavy atom. The Hall–Kier alpha value is -7.21. The van der Waals surface area contributed by atoms with Crippen molar-refractivity contribution in [3.05, 3.63) is 188 Å². The molecule has 11 rings (SSSR count). The summed E-state index contributed by atoms with van der Waals surface area (Å²) in [6.07, 6.45) is 0. The van der Waals surface area contributed by atoms with Gasteiger partial charge in [-0.1, -0.05) is 164 Å². The third-order valence-electron chi connectivity index (χ3n) is 10.6. The Morgan fingerprint density at radius 1 is 0.357 bits per heavy atom. The van der Waals surface area contributed by atoms with Crippen molar-refractivity contribution in [1.82, 2.24) is 15.0 Å². The minimum absolute atomic E-state index is 0.634. The molecule has 3 heterocycles. The lowest BCUT2D eigenvalue weighted by Gasteiger charge is -2.11. The molecule has 0 aliphatic rings. The van der Waals surface area contributed by atoms with Crippen molar-refractivity contribution in [1.29, 1.82) is 0 Å². The van der Waals surface area contributed by atoms with Crippen LogP contribution in [-0.4, -0.2) is 15.0 Å². The second-order valence-corrected chi connectivity index (χ2v) is 15.0. The van der Waals surface area contributed by atoms with Crippen LogP contribution >= 0.6 is 11.3 Å². The minimum Gasteiger partial charge on any atom is -0.455 e. The van der Waals surface area contributed by atoms with Gasteiger partial charge in [0.15, 0.2) is 17.5 Å². The van der Waals surface area contributed by atoms with E-state index < -0.39 is 0 Å². The lowest BCUT2D eigenvalue weighted by molar-refractivity contribution is 0.670. The van der Waals surface area contributed by atoms with Gasteiger partial charge in [0, 0.05) is 58.8 Å². The van der Waals surface area contributed by atoms with Crippen molar-refractivity contribution in [3.63, 3.8) is 0 Å². The monoisotopic (exact) mass is 733 g/mol. The lowest BCUT2D eigenvalue weighted by atomic mass is 9.94. The maximum atomic E-state index is 6.74. The van der Waals surface area contributed by atoms with Crippen LogP contribution in [0, 0.1) is 0 Å². The fourth-order valence-electron chi connectivity index (χ4n) is 7.96. The van der Waals surface area contributed by atoms with Crippen molar-refractivity contribution < 1.29 is 4.42 Å². The minimum atomic E-state index is 0.634. The van der Waals surface area contributed by atoms with Gasteiger partial charge in [-0.15, -0.1) is 11.3 Å². The summed E-state index contributed by atoms with van der Waals surface area (Å²) in [4.78, 5) is 15.5. The first-order valence-electron chi connectivity index (χ1n) is 18.7. The van der Waals surface area contributed by atoms with Crippen molar-refractivity contribution in [2.45, 2.75) is 0 Å². The third-order valence-corrected chi connectivity index (χ3v) is 11.8. The fourth-order valence-corrected chi connectivity index (χ4v) is 9.21. The van der Waals surface area contributed by atoms with Crippen molar-refractivity contribution in [2.75, 3.05) is 0 Å². The molecule has 0 saturated carbocycles. The summed E-state index contributed by atoms with van der Waals surface area (Å²) in [5.74, 6) is 1.91. The van der Waals surface area contributed by atoms with Crippen molar-refractivity contribution in [2.24, 2.45) is 0 Å². The largest absolute Gasteiger partial charge is 0.455 e. The second-order valence-electron chi connectivity index (χ2n) is 13.9. The van der Waals surface area contributed by atoms with E-state index in [2.05, 4.69) is 158 Å². The van der Waals surface area contributed by atoms with Gasteiger partial charge in [-0.2, -0.15) is 0 Å². The molecule has 0 atom stereocenters.